The molecule has 4 amide bonds. The summed E-state index contributed by atoms with van der Waals surface area (Å²) in [5, 5.41) is 12.5. The first kappa shape index (κ1) is 85.7. The number of aryl methyl sites for hydroxylation is 4. The second-order valence-electron chi connectivity index (χ2n) is 29.9. The van der Waals surface area contributed by atoms with Crippen molar-refractivity contribution in [3.63, 3.8) is 0 Å². The van der Waals surface area contributed by atoms with Gasteiger partial charge in [0.2, 0.25) is 23.6 Å². The molecule has 0 aliphatic carbocycles. The van der Waals surface area contributed by atoms with E-state index in [4.69, 9.17) is 39.9 Å². The van der Waals surface area contributed by atoms with E-state index in [-0.39, 0.29) is 112 Å². The zero-order valence-electron chi connectivity index (χ0n) is 69.0. The second kappa shape index (κ2) is 37.4. The summed E-state index contributed by atoms with van der Waals surface area (Å²) in [7, 11) is 0. The second-order valence-corrected chi connectivity index (χ2v) is 29.9. The van der Waals surface area contributed by atoms with Gasteiger partial charge in [0.25, 0.3) is 0 Å². The normalized spacial score (nSPS) is 16.6. The van der Waals surface area contributed by atoms with Gasteiger partial charge in [-0.1, -0.05) is 218 Å². The number of rotatable bonds is 24. The summed E-state index contributed by atoms with van der Waals surface area (Å²) in [5.74, 6) is -0.0948. The third-order valence-corrected chi connectivity index (χ3v) is 22.4. The van der Waals surface area contributed by atoms with Crippen molar-refractivity contribution in [3.8, 4) is 0 Å². The van der Waals surface area contributed by atoms with Crippen molar-refractivity contribution in [2.24, 2.45) is 20.0 Å². The van der Waals surface area contributed by atoms with Crippen LogP contribution in [0.1, 0.15) is 232 Å². The maximum Gasteiger partial charge on any atom is 2.00 e. The molecule has 0 radical (unpaired) electrons. The van der Waals surface area contributed by atoms with Crippen molar-refractivity contribution in [1.29, 1.82) is 0 Å². The number of nitrogens with zero attached hydrogens (tertiary/aromatic N) is 8. The van der Waals surface area contributed by atoms with Crippen LogP contribution in [0.3, 0.4) is 0 Å². The van der Waals surface area contributed by atoms with Crippen LogP contribution in [0.5, 0.6) is 0 Å². The topological polar surface area (TPSA) is 222 Å². The summed E-state index contributed by atoms with van der Waals surface area (Å²) in [4.78, 5) is 91.7. The van der Waals surface area contributed by atoms with Crippen molar-refractivity contribution in [1.82, 2.24) is 41.2 Å². The fourth-order valence-electron chi connectivity index (χ4n) is 15.3. The molecule has 0 bridgehead atoms. The van der Waals surface area contributed by atoms with E-state index in [1.54, 1.807) is 0 Å². The van der Waals surface area contributed by atoms with Crippen LogP contribution in [0.4, 0.5) is 0 Å². The molecule has 4 aliphatic heterocycles. The van der Waals surface area contributed by atoms with Crippen LogP contribution in [0.25, 0.3) is 24.3 Å². The van der Waals surface area contributed by atoms with E-state index < -0.39 is 0 Å². The van der Waals surface area contributed by atoms with Crippen LogP contribution in [-0.2, 0) is 83.8 Å². The van der Waals surface area contributed by atoms with Crippen LogP contribution in [0, 0.1) is 55.4 Å². The predicted octanol–water partition coefficient (Wildman–Crippen LogP) is 18.1. The summed E-state index contributed by atoms with van der Waals surface area (Å²) >= 11 is 0. The number of hydrogen-bond acceptors (Lipinski definition) is 8. The van der Waals surface area contributed by atoms with E-state index in [2.05, 4.69) is 101 Å². The number of benzene rings is 4. The van der Waals surface area contributed by atoms with Crippen LogP contribution < -0.4 is 41.2 Å². The molecule has 12 rings (SSSR count). The van der Waals surface area contributed by atoms with Gasteiger partial charge in [-0.3, -0.25) is 39.1 Å². The number of allylic oxidation sites excluding steroid dienone is 6. The van der Waals surface area contributed by atoms with Crippen LogP contribution in [0.2, 0.25) is 0 Å². The van der Waals surface area contributed by atoms with Gasteiger partial charge in [0.05, 0.1) is 72.6 Å². The number of amides is 4. The molecule has 4 aromatic carbocycles. The maximum atomic E-state index is 13.1. The molecule has 0 saturated carbocycles. The fourth-order valence-corrected chi connectivity index (χ4v) is 15.3. The first-order valence-corrected chi connectivity index (χ1v) is 38.2. The summed E-state index contributed by atoms with van der Waals surface area (Å²) in [6.07, 6.45) is 10.7. The van der Waals surface area contributed by atoms with Gasteiger partial charge in [0.15, 0.2) is 0 Å². The third-order valence-electron chi connectivity index (χ3n) is 22.4. The fraction of sp³-hybridized carbons (Fsp3) is 0.319. The minimum atomic E-state index is -0.0768. The Morgan fingerprint density at radius 1 is 0.304 bits per heavy atom. The molecule has 8 heterocycles. The monoisotopic (exact) mass is 1590 g/mol. The number of carbonyl (C=O) groups is 4. The molecule has 0 spiro atoms. The van der Waals surface area contributed by atoms with E-state index in [0.29, 0.717) is 12.8 Å². The zero-order chi connectivity index (χ0) is 79.1. The van der Waals surface area contributed by atoms with E-state index >= 15 is 0 Å². The number of nitrogens with one attached hydrogen (secondary N) is 4. The molecule has 18 heteroatoms. The Morgan fingerprint density at radius 2 is 0.509 bits per heavy atom. The Kier molecular flexibility index (Phi) is 28.6. The Bertz CT molecular complexity index is 5000. The average molecular weight is 1600 g/mol. The summed E-state index contributed by atoms with van der Waals surface area (Å²) in [6, 6.07) is 39.7. The van der Waals surface area contributed by atoms with Gasteiger partial charge in [-0.05, 0) is 190 Å². The SMILES string of the molecule is CC1=N/C(=C\c2[n-]c(C)c(CC3=C(C)/C(=C/c4[n-]c(C)c(CC(=O)N[C@@H](C)c5ccccc5)c4C)N=C3C)c2C)C(C)=C1CC(=O)N[C@@H](C)c1ccccc1.CC1=N/C(=C\c2[n-]c(C)c(CC3=C(C)/C(=C/c4[n-]c(C)c(CC(=O)N[C@@H](C)c5ccccc5)c4C)N=C3C)c2C)C(C)=C1CC(=O)N[C@@H](C)c1ccccc1.[Zn+2].[Zn+2]. The smallest absolute Gasteiger partial charge is 0.661 e. The average Bonchev–Trinajstić information content (AvgIpc) is 1.64. The Labute approximate surface area is 687 Å². The van der Waals surface area contributed by atoms with Gasteiger partial charge in [-0.15, -0.1) is 22.8 Å². The van der Waals surface area contributed by atoms with Crippen molar-refractivity contribution >= 4 is 70.8 Å². The minimum Gasteiger partial charge on any atom is -0.661 e. The Balaban J connectivity index is 0.000000253. The van der Waals surface area contributed by atoms with E-state index in [9.17, 15) is 19.2 Å². The quantitative estimate of drug-likeness (QED) is 0.0425. The number of carbonyl (C=O) groups excluding carboxylic acids is 4. The first-order chi connectivity index (χ1) is 52.4. The summed E-state index contributed by atoms with van der Waals surface area (Å²) in [5.41, 5.74) is 35.7. The Hall–Kier alpha value is -10.3. The molecule has 16 nitrogen and oxygen atoms in total. The molecule has 4 aromatic heterocycles. The molecule has 112 heavy (non-hydrogen) atoms. The van der Waals surface area contributed by atoms with E-state index in [1.807, 2.05) is 204 Å². The molecule has 4 aliphatic rings. The maximum absolute atomic E-state index is 13.1. The van der Waals surface area contributed by atoms with Gasteiger partial charge in [-0.2, -0.15) is 22.8 Å². The molecule has 568 valence electrons. The largest absolute Gasteiger partial charge is 2.00 e. The summed E-state index contributed by atoms with van der Waals surface area (Å²) in [6.45, 7) is 40.8. The standard InChI is InChI=1S/2C47H54N6O2.2Zn/c2*1-26-38(32(7)48-42(26)24-44-28(3)40(34(9)50-44)22-46(54)52-30(5)36-17-13-11-14-18-36)21-39-27(2)43(49-33(39)8)25-45-29(4)41(35(10)51-45)23-47(55)53-31(6)37-19-15-12-16-20-37;;/h2*11-20,24-25,30-31H,21-23H2,1-10H3,(H4,48,49,50,51,52,53,54,55);;/q;;2*+2/p-4/t2*30-,31-;;/m00../s1. The Morgan fingerprint density at radius 3 is 0.759 bits per heavy atom. The van der Waals surface area contributed by atoms with Crippen LogP contribution in [-0.4, -0.2) is 46.5 Å². The van der Waals surface area contributed by atoms with Crippen molar-refractivity contribution in [2.45, 2.75) is 201 Å². The number of aliphatic imine (C=N–C) groups is 4. The van der Waals surface area contributed by atoms with Crippen LogP contribution >= 0.6 is 0 Å². The molecule has 8 aromatic rings. The third kappa shape index (κ3) is 19.8. The van der Waals surface area contributed by atoms with Crippen LogP contribution in [0.15, 0.2) is 209 Å². The van der Waals surface area contributed by atoms with Crippen molar-refractivity contribution in [3.05, 3.63) is 301 Å². The molecular formula is C94H104N12O4Zn2. The number of aromatic nitrogens is 4. The van der Waals surface area contributed by atoms with Crippen molar-refractivity contribution < 1.29 is 58.1 Å². The zero-order valence-corrected chi connectivity index (χ0v) is 75.0. The molecular weight excluding hydrogens is 1490 g/mol. The van der Waals surface area contributed by atoms with Gasteiger partial charge < -0.3 is 41.2 Å². The van der Waals surface area contributed by atoms with Gasteiger partial charge >= 0.3 is 39.0 Å². The molecule has 4 N–H and O–H groups in total. The molecule has 0 saturated heterocycles. The molecule has 0 unspecified atom stereocenters. The van der Waals surface area contributed by atoms with Gasteiger partial charge in [-0.25, -0.2) is 0 Å². The predicted molar refractivity (Wildman–Crippen MR) is 448 cm³/mol. The first-order valence-electron chi connectivity index (χ1n) is 38.2. The van der Waals surface area contributed by atoms with E-state index in [1.165, 1.54) is 22.3 Å². The minimum absolute atomic E-state index is 0. The molecule has 0 fully saturated rings. The van der Waals surface area contributed by atoms with Crippen molar-refractivity contribution in [2.75, 3.05) is 0 Å². The van der Waals surface area contributed by atoms with E-state index in [0.717, 1.165) is 180 Å². The number of hydrogen-bond donors (Lipinski definition) is 4. The van der Waals surface area contributed by atoms with Gasteiger partial charge in [0.1, 0.15) is 0 Å². The summed E-state index contributed by atoms with van der Waals surface area (Å²) < 4.78 is 0. The molecule has 4 atom stereocenters. The van der Waals surface area contributed by atoms with Gasteiger partial charge in [0, 0.05) is 22.8 Å².